The first-order valence-electron chi connectivity index (χ1n) is 7.64. The highest BCUT2D eigenvalue weighted by molar-refractivity contribution is 9.10. The molecule has 1 heterocycles. The van der Waals surface area contributed by atoms with Gasteiger partial charge >= 0.3 is 6.18 Å². The maximum Gasteiger partial charge on any atom is 0.392 e. The van der Waals surface area contributed by atoms with E-state index in [-0.39, 0.29) is 11.4 Å². The number of aryl methyl sites for hydroxylation is 1. The lowest BCUT2D eigenvalue weighted by Gasteiger charge is -2.14. The van der Waals surface area contributed by atoms with E-state index in [1.54, 1.807) is 0 Å². The topological polar surface area (TPSA) is 68.2 Å². The van der Waals surface area contributed by atoms with Crippen LogP contribution in [0.3, 0.4) is 0 Å². The Balaban J connectivity index is 2.29. The lowest BCUT2D eigenvalue weighted by Crippen LogP contribution is -2.27. The molecule has 5 nitrogen and oxygen atoms in total. The number of anilines is 1. The van der Waals surface area contributed by atoms with Crippen LogP contribution in [0.5, 0.6) is 0 Å². The average molecular weight is 489 g/mol. The number of halogens is 6. The van der Waals surface area contributed by atoms with E-state index in [0.717, 1.165) is 35.9 Å². The fraction of sp³-hybridized carbons (Fsp3) is 0.312. The summed E-state index contributed by atoms with van der Waals surface area (Å²) in [5.74, 6) is -6.16. The standard InChI is InChI=1S/C16H14BrF5N2O3S/c1-8(16(20,21)22)7-28(26,27)9-5-12(24(2)6-9)15(25)23-11-4-3-10(18)13(17)14(11)19/h3-6,8H,7H2,1-2H3,(H,23,25)/t8-/m1/s1. The molecule has 0 radical (unpaired) electrons. The molecule has 1 aromatic heterocycles. The quantitative estimate of drug-likeness (QED) is 0.504. The molecular weight excluding hydrogens is 475 g/mol. The van der Waals surface area contributed by atoms with Crippen LogP contribution in [0.15, 0.2) is 33.8 Å². The Morgan fingerprint density at radius 2 is 1.89 bits per heavy atom. The molecular formula is C16H14BrF5N2O3S. The molecule has 0 aliphatic rings. The van der Waals surface area contributed by atoms with Gasteiger partial charge in [0.15, 0.2) is 15.7 Å². The Hall–Kier alpha value is -1.95. The molecule has 154 valence electrons. The summed E-state index contributed by atoms with van der Waals surface area (Å²) in [6.07, 6.45) is -3.69. The molecule has 0 fully saturated rings. The number of amides is 1. The second-order valence-corrected chi connectivity index (χ2v) is 8.90. The van der Waals surface area contributed by atoms with E-state index >= 15 is 0 Å². The van der Waals surface area contributed by atoms with Gasteiger partial charge in [0.05, 0.1) is 26.7 Å². The SMILES string of the molecule is C[C@H](CS(=O)(=O)c1cc(C(=O)Nc2ccc(F)c(Br)c2F)n(C)c1)C(F)(F)F. The maximum absolute atomic E-state index is 14.0. The van der Waals surface area contributed by atoms with Crippen LogP contribution in [0.4, 0.5) is 27.6 Å². The van der Waals surface area contributed by atoms with Gasteiger partial charge in [0, 0.05) is 13.2 Å². The van der Waals surface area contributed by atoms with Crippen molar-refractivity contribution in [3.8, 4) is 0 Å². The van der Waals surface area contributed by atoms with Crippen LogP contribution in [0, 0.1) is 17.6 Å². The lowest BCUT2D eigenvalue weighted by atomic mass is 10.2. The Bertz CT molecular complexity index is 1020. The van der Waals surface area contributed by atoms with Crippen molar-refractivity contribution in [1.82, 2.24) is 4.57 Å². The van der Waals surface area contributed by atoms with Crippen molar-refractivity contribution in [3.05, 3.63) is 46.2 Å². The molecule has 0 saturated carbocycles. The second kappa shape index (κ2) is 7.82. The first-order valence-corrected chi connectivity index (χ1v) is 10.1. The minimum absolute atomic E-state index is 0.238. The minimum Gasteiger partial charge on any atom is -0.345 e. The third kappa shape index (κ3) is 4.72. The smallest absolute Gasteiger partial charge is 0.345 e. The molecule has 0 saturated heterocycles. The number of nitrogens with zero attached hydrogens (tertiary/aromatic N) is 1. The van der Waals surface area contributed by atoms with E-state index in [4.69, 9.17) is 0 Å². The molecule has 1 N–H and O–H groups in total. The molecule has 12 heteroatoms. The van der Waals surface area contributed by atoms with E-state index in [9.17, 15) is 35.2 Å². The summed E-state index contributed by atoms with van der Waals surface area (Å²) in [6, 6.07) is 2.77. The Labute approximate surface area is 165 Å². The van der Waals surface area contributed by atoms with Gasteiger partial charge in [-0.1, -0.05) is 6.92 Å². The number of carbonyl (C=O) groups is 1. The van der Waals surface area contributed by atoms with Crippen LogP contribution in [0.1, 0.15) is 17.4 Å². The molecule has 0 unspecified atom stereocenters. The van der Waals surface area contributed by atoms with Gasteiger partial charge in [-0.15, -0.1) is 0 Å². The molecule has 1 aromatic carbocycles. The van der Waals surface area contributed by atoms with Gasteiger partial charge in [0.2, 0.25) is 0 Å². The highest BCUT2D eigenvalue weighted by atomic mass is 79.9. The number of aromatic nitrogens is 1. The second-order valence-electron chi connectivity index (χ2n) is 6.07. The Morgan fingerprint density at radius 1 is 1.29 bits per heavy atom. The van der Waals surface area contributed by atoms with Crippen molar-refractivity contribution in [2.75, 3.05) is 11.1 Å². The highest BCUT2D eigenvalue weighted by Gasteiger charge is 2.39. The number of alkyl halides is 3. The number of rotatable bonds is 5. The lowest BCUT2D eigenvalue weighted by molar-refractivity contribution is -0.163. The monoisotopic (exact) mass is 488 g/mol. The predicted octanol–water partition coefficient (Wildman–Crippen LogP) is 4.29. The molecule has 28 heavy (non-hydrogen) atoms. The van der Waals surface area contributed by atoms with Crippen molar-refractivity contribution in [1.29, 1.82) is 0 Å². The van der Waals surface area contributed by atoms with Gasteiger partial charge in [-0.25, -0.2) is 17.2 Å². The summed E-state index contributed by atoms with van der Waals surface area (Å²) in [5.41, 5.74) is -0.604. The van der Waals surface area contributed by atoms with Gasteiger partial charge in [0.1, 0.15) is 11.5 Å². The zero-order valence-electron chi connectivity index (χ0n) is 14.4. The van der Waals surface area contributed by atoms with Crippen LogP contribution in [-0.2, 0) is 16.9 Å². The molecule has 1 amide bonds. The molecule has 0 bridgehead atoms. The van der Waals surface area contributed by atoms with Crippen LogP contribution >= 0.6 is 15.9 Å². The summed E-state index contributed by atoms with van der Waals surface area (Å²) in [4.78, 5) is 11.8. The van der Waals surface area contributed by atoms with Gasteiger partial charge in [0.25, 0.3) is 5.91 Å². The van der Waals surface area contributed by atoms with Crippen LogP contribution < -0.4 is 5.32 Å². The van der Waals surface area contributed by atoms with Gasteiger partial charge in [-0.05, 0) is 34.1 Å². The van der Waals surface area contributed by atoms with E-state index < -0.39 is 54.6 Å². The number of sulfone groups is 1. The van der Waals surface area contributed by atoms with Crippen molar-refractivity contribution in [2.24, 2.45) is 13.0 Å². The molecule has 1 atom stereocenters. The highest BCUT2D eigenvalue weighted by Crippen LogP contribution is 2.30. The summed E-state index contributed by atoms with van der Waals surface area (Å²) >= 11 is 2.68. The minimum atomic E-state index is -4.68. The summed E-state index contributed by atoms with van der Waals surface area (Å²) in [7, 11) is -3.02. The van der Waals surface area contributed by atoms with Gasteiger partial charge in [-0.2, -0.15) is 13.2 Å². The first kappa shape index (κ1) is 22.3. The number of benzene rings is 1. The molecule has 2 rings (SSSR count). The van der Waals surface area contributed by atoms with Crippen LogP contribution in [-0.4, -0.2) is 30.8 Å². The largest absolute Gasteiger partial charge is 0.392 e. The van der Waals surface area contributed by atoms with Crippen molar-refractivity contribution >= 4 is 37.4 Å². The van der Waals surface area contributed by atoms with E-state index in [0.29, 0.717) is 0 Å². The third-order valence-corrected chi connectivity index (χ3v) is 6.49. The summed E-state index contributed by atoms with van der Waals surface area (Å²) in [5, 5.41) is 2.16. The van der Waals surface area contributed by atoms with Crippen LogP contribution in [0.25, 0.3) is 0 Å². The number of hydrogen-bond donors (Lipinski definition) is 1. The molecule has 0 spiro atoms. The zero-order chi connectivity index (χ0) is 21.4. The predicted molar refractivity (Wildman–Crippen MR) is 94.7 cm³/mol. The third-order valence-electron chi connectivity index (χ3n) is 3.88. The fourth-order valence-corrected chi connectivity index (χ4v) is 4.25. The number of carbonyl (C=O) groups excluding carboxylic acids is 1. The van der Waals surface area contributed by atoms with E-state index in [2.05, 4.69) is 21.2 Å². The maximum atomic E-state index is 14.0. The van der Waals surface area contributed by atoms with Crippen LogP contribution in [0.2, 0.25) is 0 Å². The fourth-order valence-electron chi connectivity index (χ4n) is 2.26. The first-order chi connectivity index (χ1) is 12.7. The van der Waals surface area contributed by atoms with E-state index in [1.165, 1.54) is 7.05 Å². The number of nitrogens with one attached hydrogen (secondary N) is 1. The summed E-state index contributed by atoms with van der Waals surface area (Å²) < 4.78 is 90.2. The Morgan fingerprint density at radius 3 is 2.46 bits per heavy atom. The zero-order valence-corrected chi connectivity index (χ0v) is 16.8. The van der Waals surface area contributed by atoms with Crippen molar-refractivity contribution < 1.29 is 35.2 Å². The van der Waals surface area contributed by atoms with Crippen molar-refractivity contribution in [3.63, 3.8) is 0 Å². The van der Waals surface area contributed by atoms with Crippen molar-refractivity contribution in [2.45, 2.75) is 18.0 Å². The summed E-state index contributed by atoms with van der Waals surface area (Å²) in [6.45, 7) is 0.739. The average Bonchev–Trinajstić information content (AvgIpc) is 2.97. The van der Waals surface area contributed by atoms with E-state index in [1.807, 2.05) is 0 Å². The van der Waals surface area contributed by atoms with Gasteiger partial charge < -0.3 is 9.88 Å². The van der Waals surface area contributed by atoms with Gasteiger partial charge in [-0.3, -0.25) is 4.79 Å². The number of hydrogen-bond acceptors (Lipinski definition) is 3. The Kier molecular flexibility index (Phi) is 6.24. The normalized spacial score (nSPS) is 13.4. The molecule has 0 aliphatic carbocycles. The molecule has 0 aliphatic heterocycles. The molecule has 2 aromatic rings.